The molecule has 0 aliphatic rings. The maximum absolute atomic E-state index is 12.2. The first kappa shape index (κ1) is 12.9. The van der Waals surface area contributed by atoms with Crippen molar-refractivity contribution in [3.63, 3.8) is 0 Å². The summed E-state index contributed by atoms with van der Waals surface area (Å²) in [6.45, 7) is 0. The quantitative estimate of drug-likeness (QED) is 0.930. The third kappa shape index (κ3) is 3.03. The number of hydrogen-bond donors (Lipinski definition) is 1. The fourth-order valence-electron chi connectivity index (χ4n) is 1.38. The third-order valence-corrected chi connectivity index (χ3v) is 2.07. The molecule has 1 aromatic heterocycles. The minimum atomic E-state index is -4.86. The number of ether oxygens (including phenoxy) is 1. The summed E-state index contributed by atoms with van der Waals surface area (Å²) < 4.78 is 45.3. The van der Waals surface area contributed by atoms with Crippen LogP contribution in [0, 0.1) is 0 Å². The van der Waals surface area contributed by atoms with Crippen molar-refractivity contribution in [2.45, 2.75) is 6.36 Å². The van der Waals surface area contributed by atoms with E-state index in [1.165, 1.54) is 18.2 Å². The zero-order valence-corrected chi connectivity index (χ0v) is 9.14. The first-order valence-corrected chi connectivity index (χ1v) is 4.91. The number of rotatable bonds is 3. The van der Waals surface area contributed by atoms with Crippen molar-refractivity contribution in [1.82, 2.24) is 4.98 Å². The molecule has 0 aliphatic carbocycles. The van der Waals surface area contributed by atoms with Crippen molar-refractivity contribution in [3.05, 3.63) is 36.4 Å². The number of carbonyl (C=O) groups is 1. The van der Waals surface area contributed by atoms with E-state index in [0.717, 1.165) is 12.3 Å². The molecule has 0 unspecified atom stereocenters. The Labute approximate surface area is 104 Å². The van der Waals surface area contributed by atoms with Crippen LogP contribution in [0.2, 0.25) is 0 Å². The third-order valence-electron chi connectivity index (χ3n) is 2.07. The fourth-order valence-corrected chi connectivity index (χ4v) is 1.38. The maximum Gasteiger partial charge on any atom is 0.573 e. The van der Waals surface area contributed by atoms with Gasteiger partial charge in [-0.2, -0.15) is 0 Å². The van der Waals surface area contributed by atoms with E-state index in [-0.39, 0.29) is 11.3 Å². The van der Waals surface area contributed by atoms with E-state index in [2.05, 4.69) is 9.72 Å². The summed E-state index contributed by atoms with van der Waals surface area (Å²) in [7, 11) is 0. The summed E-state index contributed by atoms with van der Waals surface area (Å²) in [6.07, 6.45) is -3.84. The van der Waals surface area contributed by atoms with Crippen molar-refractivity contribution < 1.29 is 32.2 Å². The molecule has 1 heterocycles. The molecule has 0 bridgehead atoms. The Bertz CT molecular complexity index is 606. The monoisotopic (exact) mass is 273 g/mol. The van der Waals surface area contributed by atoms with E-state index in [9.17, 15) is 18.0 Å². The van der Waals surface area contributed by atoms with Gasteiger partial charge in [-0.15, -0.1) is 13.2 Å². The van der Waals surface area contributed by atoms with Gasteiger partial charge in [-0.05, 0) is 12.1 Å². The van der Waals surface area contributed by atoms with Crippen molar-refractivity contribution in [2.24, 2.45) is 0 Å². The van der Waals surface area contributed by atoms with Gasteiger partial charge in [-0.3, -0.25) is 0 Å². The second-order valence-corrected chi connectivity index (χ2v) is 3.38. The number of aromatic nitrogens is 1. The molecule has 8 heteroatoms. The lowest BCUT2D eigenvalue weighted by Gasteiger charge is -2.11. The molecule has 19 heavy (non-hydrogen) atoms. The number of aromatic carboxylic acids is 1. The van der Waals surface area contributed by atoms with E-state index in [1.54, 1.807) is 0 Å². The Balaban J connectivity index is 2.41. The molecule has 0 atom stereocenters. The van der Waals surface area contributed by atoms with Gasteiger partial charge in [0.05, 0.1) is 11.8 Å². The molecule has 0 aliphatic heterocycles. The number of hydrogen-bond acceptors (Lipinski definition) is 4. The molecule has 1 aromatic carbocycles. The molecule has 1 N–H and O–H groups in total. The minimum absolute atomic E-state index is 0.0418. The second-order valence-electron chi connectivity index (χ2n) is 3.38. The van der Waals surface area contributed by atoms with Crippen LogP contribution in [0.4, 0.5) is 13.2 Å². The smallest absolute Gasteiger partial charge is 0.474 e. The zero-order chi connectivity index (χ0) is 14.0. The molecule has 0 radical (unpaired) electrons. The fraction of sp³-hybridized carbons (Fsp3) is 0.0909. The Morgan fingerprint density at radius 3 is 2.58 bits per heavy atom. The van der Waals surface area contributed by atoms with Gasteiger partial charge < -0.3 is 14.3 Å². The number of para-hydroxylation sites is 1. The van der Waals surface area contributed by atoms with Crippen LogP contribution in [0.5, 0.6) is 5.75 Å². The summed E-state index contributed by atoms with van der Waals surface area (Å²) in [5, 5.41) is 8.63. The lowest BCUT2D eigenvalue weighted by atomic mass is 10.1. The molecule has 2 rings (SSSR count). The predicted molar refractivity (Wildman–Crippen MR) is 55.6 cm³/mol. The number of alkyl halides is 3. The molecule has 0 saturated carbocycles. The van der Waals surface area contributed by atoms with Gasteiger partial charge in [0.1, 0.15) is 5.75 Å². The van der Waals surface area contributed by atoms with Crippen LogP contribution >= 0.6 is 0 Å². The van der Waals surface area contributed by atoms with Gasteiger partial charge >= 0.3 is 18.2 Å². The van der Waals surface area contributed by atoms with Gasteiger partial charge in [0.25, 0.3) is 0 Å². The first-order chi connectivity index (χ1) is 8.87. The summed E-state index contributed by atoms with van der Waals surface area (Å²) >= 11 is 0. The summed E-state index contributed by atoms with van der Waals surface area (Å²) in [5.41, 5.74) is -0.0418. The van der Waals surface area contributed by atoms with E-state index >= 15 is 0 Å². The molecule has 0 spiro atoms. The Morgan fingerprint density at radius 2 is 2.00 bits per heavy atom. The van der Waals surface area contributed by atoms with E-state index in [4.69, 9.17) is 9.52 Å². The van der Waals surface area contributed by atoms with Crippen molar-refractivity contribution in [1.29, 1.82) is 0 Å². The van der Waals surface area contributed by atoms with Crippen molar-refractivity contribution >= 4 is 5.97 Å². The highest BCUT2D eigenvalue weighted by Gasteiger charge is 2.32. The number of carboxylic acids is 1. The van der Waals surface area contributed by atoms with Gasteiger partial charge in [-0.25, -0.2) is 9.78 Å². The highest BCUT2D eigenvalue weighted by molar-refractivity contribution is 5.83. The van der Waals surface area contributed by atoms with Crippen LogP contribution in [0.3, 0.4) is 0 Å². The molecular formula is C11H6F3NO4. The van der Waals surface area contributed by atoms with Crippen LogP contribution in [-0.4, -0.2) is 22.4 Å². The predicted octanol–water partition coefficient (Wildman–Crippen LogP) is 2.94. The average molecular weight is 273 g/mol. The van der Waals surface area contributed by atoms with Crippen LogP contribution in [-0.2, 0) is 0 Å². The number of benzene rings is 1. The van der Waals surface area contributed by atoms with Crippen molar-refractivity contribution in [2.75, 3.05) is 0 Å². The lowest BCUT2D eigenvalue weighted by Crippen LogP contribution is -2.17. The summed E-state index contributed by atoms with van der Waals surface area (Å²) in [6, 6.07) is 5.19. The van der Waals surface area contributed by atoms with E-state index in [0.29, 0.717) is 0 Å². The Morgan fingerprint density at radius 1 is 1.32 bits per heavy atom. The SMILES string of the molecule is O=C(O)c1ncc(-c2ccccc2OC(F)(F)F)o1. The Hall–Kier alpha value is -2.51. The van der Waals surface area contributed by atoms with Gasteiger partial charge in [0.15, 0.2) is 5.76 Å². The number of nitrogens with zero attached hydrogens (tertiary/aromatic N) is 1. The highest BCUT2D eigenvalue weighted by atomic mass is 19.4. The molecule has 0 fully saturated rings. The number of oxazole rings is 1. The highest BCUT2D eigenvalue weighted by Crippen LogP contribution is 2.33. The van der Waals surface area contributed by atoms with Gasteiger partial charge in [0, 0.05) is 0 Å². The van der Waals surface area contributed by atoms with Crippen LogP contribution in [0.25, 0.3) is 11.3 Å². The summed E-state index contributed by atoms with van der Waals surface area (Å²) in [5.74, 6) is -2.65. The molecule has 100 valence electrons. The second kappa shape index (κ2) is 4.63. The van der Waals surface area contributed by atoms with E-state index in [1.807, 2.05) is 0 Å². The first-order valence-electron chi connectivity index (χ1n) is 4.91. The summed E-state index contributed by atoms with van der Waals surface area (Å²) in [4.78, 5) is 14.0. The minimum Gasteiger partial charge on any atom is -0.474 e. The van der Waals surface area contributed by atoms with Crippen molar-refractivity contribution in [3.8, 4) is 17.1 Å². The number of carboxylic acid groups (broad SMARTS) is 1. The Kier molecular flexibility index (Phi) is 3.16. The largest absolute Gasteiger partial charge is 0.573 e. The normalized spacial score (nSPS) is 11.3. The van der Waals surface area contributed by atoms with Crippen LogP contribution in [0.1, 0.15) is 10.7 Å². The average Bonchev–Trinajstić information content (AvgIpc) is 2.76. The molecular weight excluding hydrogens is 267 g/mol. The molecule has 0 amide bonds. The standard InChI is InChI=1S/C11H6F3NO4/c12-11(13,14)19-7-4-2-1-3-6(7)8-5-15-9(18-8)10(16)17/h1-5H,(H,16,17). The molecule has 5 nitrogen and oxygen atoms in total. The molecule has 0 saturated heterocycles. The topological polar surface area (TPSA) is 72.6 Å². The number of halogens is 3. The zero-order valence-electron chi connectivity index (χ0n) is 9.14. The van der Waals surface area contributed by atoms with Crippen LogP contribution in [0.15, 0.2) is 34.9 Å². The van der Waals surface area contributed by atoms with Crippen LogP contribution < -0.4 is 4.74 Å². The van der Waals surface area contributed by atoms with Gasteiger partial charge in [0.2, 0.25) is 0 Å². The maximum atomic E-state index is 12.2. The van der Waals surface area contributed by atoms with E-state index < -0.39 is 24.0 Å². The van der Waals surface area contributed by atoms with Gasteiger partial charge in [-0.1, -0.05) is 12.1 Å². The lowest BCUT2D eigenvalue weighted by molar-refractivity contribution is -0.274. The molecule has 2 aromatic rings.